The number of aromatic nitrogens is 1. The molecule has 1 aromatic carbocycles. The number of hydrogen-bond acceptors (Lipinski definition) is 6. The predicted molar refractivity (Wildman–Crippen MR) is 144 cm³/mol. The molecule has 3 N–H and O–H groups in total. The summed E-state index contributed by atoms with van der Waals surface area (Å²) < 4.78 is 7.26. The summed E-state index contributed by atoms with van der Waals surface area (Å²) in [6, 6.07) is 10.4. The molecule has 2 aliphatic heterocycles. The zero-order chi connectivity index (χ0) is 26.7. The van der Waals surface area contributed by atoms with Crippen LogP contribution in [0, 0.1) is 28.1 Å². The first-order valence-corrected chi connectivity index (χ1v) is 13.8. The van der Waals surface area contributed by atoms with Crippen LogP contribution < -0.4 is 5.56 Å². The minimum Gasteiger partial charge on any atom is -0.388 e. The van der Waals surface area contributed by atoms with Gasteiger partial charge in [0.25, 0.3) is 0 Å². The molecule has 3 heterocycles. The lowest BCUT2D eigenvalue weighted by Gasteiger charge is -2.61. The van der Waals surface area contributed by atoms with Crippen molar-refractivity contribution in [2.45, 2.75) is 74.9 Å². The number of H-pyrrole nitrogens is 1. The number of allylic oxidation sites excluding steroid dienone is 2. The van der Waals surface area contributed by atoms with Crippen LogP contribution in [0.5, 0.6) is 0 Å². The normalized spacial score (nSPS) is 43.2. The molecule has 1 saturated heterocycles. The molecule has 5 aliphatic rings. The summed E-state index contributed by atoms with van der Waals surface area (Å²) in [5.41, 5.74) is 0.681. The Morgan fingerprint density at radius 2 is 1.95 bits per heavy atom. The number of pyridine rings is 1. The lowest BCUT2D eigenvalue weighted by atomic mass is 9.49. The second kappa shape index (κ2) is 7.67. The van der Waals surface area contributed by atoms with E-state index in [1.807, 2.05) is 25.1 Å². The van der Waals surface area contributed by atoms with Crippen molar-refractivity contribution < 1.29 is 14.9 Å². The van der Waals surface area contributed by atoms with Gasteiger partial charge in [-0.15, -0.1) is 0 Å². The van der Waals surface area contributed by atoms with Gasteiger partial charge in [0.1, 0.15) is 11.5 Å². The molecule has 8 unspecified atom stereocenters. The zero-order valence-electron chi connectivity index (χ0n) is 22.2. The topological polar surface area (TPSA) is 110 Å². The van der Waals surface area contributed by atoms with E-state index in [0.29, 0.717) is 18.4 Å². The molecular formula is C31H35N3O4. The molecule has 198 valence electrons. The Kier molecular flexibility index (Phi) is 4.90. The minimum atomic E-state index is -1.04. The van der Waals surface area contributed by atoms with E-state index in [1.54, 1.807) is 12.3 Å². The summed E-state index contributed by atoms with van der Waals surface area (Å²) in [6.07, 6.45) is 8.57. The third-order valence-corrected chi connectivity index (χ3v) is 11.0. The molecule has 3 aliphatic carbocycles. The number of aliphatic hydroxyl groups excluding tert-OH is 2. The predicted octanol–water partition coefficient (Wildman–Crippen LogP) is 3.53. The van der Waals surface area contributed by atoms with E-state index in [-0.39, 0.29) is 22.9 Å². The number of nitrogens with zero attached hydrogens (tertiary/aromatic N) is 2. The van der Waals surface area contributed by atoms with Gasteiger partial charge < -0.3 is 24.8 Å². The SMILES string of the molecule is CN(C)C1CC23CCC4(O2)C2CC=C(c5ccc6c[nH]c(=O)cc6c5)C2(C)CCC4(C#N)C=C3C(O)C1O. The maximum Gasteiger partial charge on any atom is 0.248 e. The summed E-state index contributed by atoms with van der Waals surface area (Å²) in [7, 11) is 3.86. The second-order valence-electron chi connectivity index (χ2n) is 12.8. The lowest BCUT2D eigenvalue weighted by molar-refractivity contribution is -0.223. The molecule has 2 aromatic rings. The third-order valence-electron chi connectivity index (χ3n) is 11.0. The van der Waals surface area contributed by atoms with Crippen LogP contribution >= 0.6 is 0 Å². The first-order valence-electron chi connectivity index (χ1n) is 13.8. The van der Waals surface area contributed by atoms with E-state index < -0.39 is 28.8 Å². The monoisotopic (exact) mass is 513 g/mol. The van der Waals surface area contributed by atoms with Crippen molar-refractivity contribution in [2.24, 2.45) is 16.7 Å². The quantitative estimate of drug-likeness (QED) is 0.530. The van der Waals surface area contributed by atoms with E-state index in [9.17, 15) is 20.3 Å². The van der Waals surface area contributed by atoms with E-state index in [0.717, 1.165) is 42.0 Å². The van der Waals surface area contributed by atoms with E-state index in [2.05, 4.69) is 42.3 Å². The fourth-order valence-corrected chi connectivity index (χ4v) is 9.02. The summed E-state index contributed by atoms with van der Waals surface area (Å²) >= 11 is 0. The zero-order valence-corrected chi connectivity index (χ0v) is 22.2. The van der Waals surface area contributed by atoms with Crippen LogP contribution in [0.3, 0.4) is 0 Å². The molecule has 3 fully saturated rings. The van der Waals surface area contributed by atoms with Crippen molar-refractivity contribution in [1.29, 1.82) is 5.26 Å². The number of benzene rings is 1. The average Bonchev–Trinajstić information content (AvgIpc) is 3.42. The fraction of sp³-hybridized carbons (Fsp3) is 0.548. The Morgan fingerprint density at radius 1 is 1.13 bits per heavy atom. The highest BCUT2D eigenvalue weighted by molar-refractivity contribution is 5.87. The molecule has 0 amide bonds. The minimum absolute atomic E-state index is 0.111. The lowest BCUT2D eigenvalue weighted by Crippen LogP contribution is -2.66. The van der Waals surface area contributed by atoms with Gasteiger partial charge >= 0.3 is 0 Å². The number of rotatable bonds is 2. The number of aromatic amines is 1. The van der Waals surface area contributed by atoms with Gasteiger partial charge in [0.15, 0.2) is 0 Å². The number of likely N-dealkylation sites (N-methyl/N-ethyl adjacent to an activating group) is 1. The van der Waals surface area contributed by atoms with Crippen LogP contribution in [0.15, 0.2) is 53.0 Å². The summed E-state index contributed by atoms with van der Waals surface area (Å²) in [5, 5.41) is 34.9. The van der Waals surface area contributed by atoms with Crippen molar-refractivity contribution in [1.82, 2.24) is 9.88 Å². The van der Waals surface area contributed by atoms with E-state index >= 15 is 0 Å². The molecule has 7 rings (SSSR count). The van der Waals surface area contributed by atoms with Crippen molar-refractivity contribution in [2.75, 3.05) is 14.1 Å². The number of aliphatic hydroxyl groups is 2. The Hall–Kier alpha value is -2.76. The molecular weight excluding hydrogens is 478 g/mol. The number of nitrogens with one attached hydrogen (secondary N) is 1. The largest absolute Gasteiger partial charge is 0.388 e. The molecule has 2 saturated carbocycles. The van der Waals surface area contributed by atoms with Gasteiger partial charge in [0.05, 0.1) is 23.4 Å². The highest BCUT2D eigenvalue weighted by Gasteiger charge is 2.74. The first-order chi connectivity index (χ1) is 18.1. The molecule has 7 heteroatoms. The molecule has 1 aromatic heterocycles. The molecule has 7 nitrogen and oxygen atoms in total. The summed E-state index contributed by atoms with van der Waals surface area (Å²) in [6.45, 7) is 2.32. The average molecular weight is 514 g/mol. The Morgan fingerprint density at radius 3 is 2.71 bits per heavy atom. The smallest absolute Gasteiger partial charge is 0.248 e. The van der Waals surface area contributed by atoms with Crippen molar-refractivity contribution >= 4 is 16.3 Å². The van der Waals surface area contributed by atoms with Gasteiger partial charge in [-0.25, -0.2) is 0 Å². The Bertz CT molecular complexity index is 1520. The number of nitriles is 1. The number of ether oxygens (including phenoxy) is 1. The molecule has 0 radical (unpaired) electrons. The van der Waals surface area contributed by atoms with Crippen LogP contribution in [-0.2, 0) is 4.74 Å². The highest BCUT2D eigenvalue weighted by Crippen LogP contribution is 2.72. The number of hydrogen-bond donors (Lipinski definition) is 3. The Balaban J connectivity index is 1.32. The first kappa shape index (κ1) is 24.3. The molecule has 2 spiro atoms. The van der Waals surface area contributed by atoms with Gasteiger partial charge in [-0.1, -0.05) is 31.2 Å². The van der Waals surface area contributed by atoms with Crippen molar-refractivity contribution in [3.8, 4) is 6.07 Å². The van der Waals surface area contributed by atoms with Crippen LogP contribution in [0.25, 0.3) is 16.3 Å². The van der Waals surface area contributed by atoms with Gasteiger partial charge in [-0.05, 0) is 91.6 Å². The van der Waals surface area contributed by atoms with Crippen LogP contribution in [0.2, 0.25) is 0 Å². The Labute approximate surface area is 222 Å². The van der Waals surface area contributed by atoms with Crippen molar-refractivity contribution in [3.05, 3.63) is 64.1 Å². The van der Waals surface area contributed by atoms with Crippen LogP contribution in [0.4, 0.5) is 0 Å². The third kappa shape index (κ3) is 2.84. The molecule has 38 heavy (non-hydrogen) atoms. The van der Waals surface area contributed by atoms with Gasteiger partial charge in [-0.2, -0.15) is 5.26 Å². The highest BCUT2D eigenvalue weighted by atomic mass is 16.5. The molecule has 8 atom stereocenters. The maximum absolute atomic E-state index is 12.0. The molecule has 2 bridgehead atoms. The second-order valence-corrected chi connectivity index (χ2v) is 12.8. The number of fused-ring (bicyclic) bond motifs is 2. The fourth-order valence-electron chi connectivity index (χ4n) is 9.02. The maximum atomic E-state index is 12.0. The summed E-state index contributed by atoms with van der Waals surface area (Å²) in [4.78, 5) is 16.7. The van der Waals surface area contributed by atoms with Gasteiger partial charge in [0, 0.05) is 24.2 Å². The summed E-state index contributed by atoms with van der Waals surface area (Å²) in [5.74, 6) is 0.118. The van der Waals surface area contributed by atoms with Gasteiger partial charge in [0.2, 0.25) is 5.56 Å². The van der Waals surface area contributed by atoms with Crippen LogP contribution in [0.1, 0.15) is 51.0 Å². The van der Waals surface area contributed by atoms with Crippen molar-refractivity contribution in [3.63, 3.8) is 0 Å². The van der Waals surface area contributed by atoms with Gasteiger partial charge in [-0.3, -0.25) is 4.79 Å². The van der Waals surface area contributed by atoms with Crippen LogP contribution in [-0.4, -0.2) is 63.6 Å². The van der Waals surface area contributed by atoms with E-state index in [1.165, 1.54) is 5.57 Å². The van der Waals surface area contributed by atoms with E-state index in [4.69, 9.17) is 4.74 Å². The standard InChI is InChI=1S/C31H35N3O4/c1-28-8-9-29(17-32)14-22-26(36)27(37)23(34(2)3)15-30(22)10-11-31(29,38-30)24(28)7-6-21(28)18-4-5-19-16-33-25(35)13-20(19)12-18/h4-6,12-14,16,23-24,26-27,36-37H,7-11,15H2,1-3H3,(H,33,35).